The molecule has 0 N–H and O–H groups in total. The summed E-state index contributed by atoms with van der Waals surface area (Å²) in [7, 11) is 0. The second-order valence-electron chi connectivity index (χ2n) is 6.04. The molecule has 6 heteroatoms. The van der Waals surface area contributed by atoms with E-state index < -0.39 is 22.4 Å². The van der Waals surface area contributed by atoms with Gasteiger partial charge in [-0.1, -0.05) is 18.2 Å². The Bertz CT molecular complexity index is 540. The molecular formula is C15H19NO4S. The SMILES string of the molecule is CC(C)(C)OC(=O)N1C[C@](C)(Sc2ccccc2)C(=O)O1. The second kappa shape index (κ2) is 5.60. The van der Waals surface area contributed by atoms with E-state index in [-0.39, 0.29) is 6.54 Å². The van der Waals surface area contributed by atoms with Gasteiger partial charge in [0.1, 0.15) is 10.3 Å². The molecule has 0 bridgehead atoms. The third-order valence-electron chi connectivity index (χ3n) is 2.75. The Morgan fingerprint density at radius 1 is 1.33 bits per heavy atom. The van der Waals surface area contributed by atoms with Gasteiger partial charge in [0.25, 0.3) is 0 Å². The summed E-state index contributed by atoms with van der Waals surface area (Å²) in [5.74, 6) is -0.442. The van der Waals surface area contributed by atoms with E-state index in [9.17, 15) is 9.59 Å². The quantitative estimate of drug-likeness (QED) is 0.839. The van der Waals surface area contributed by atoms with Crippen molar-refractivity contribution in [2.24, 2.45) is 0 Å². The van der Waals surface area contributed by atoms with Crippen LogP contribution in [0.3, 0.4) is 0 Å². The third kappa shape index (κ3) is 3.91. The van der Waals surface area contributed by atoms with E-state index in [4.69, 9.17) is 9.57 Å². The van der Waals surface area contributed by atoms with Crippen molar-refractivity contribution in [1.29, 1.82) is 0 Å². The van der Waals surface area contributed by atoms with Crippen LogP contribution in [0.4, 0.5) is 4.79 Å². The maximum Gasteiger partial charge on any atom is 0.443 e. The molecule has 1 saturated heterocycles. The lowest BCUT2D eigenvalue weighted by molar-refractivity contribution is -0.166. The zero-order chi connectivity index (χ0) is 15.7. The number of carbonyl (C=O) groups excluding carboxylic acids is 2. The van der Waals surface area contributed by atoms with E-state index in [0.717, 1.165) is 9.96 Å². The first kappa shape index (κ1) is 15.7. The molecule has 1 amide bonds. The highest BCUT2D eigenvalue weighted by Crippen LogP contribution is 2.38. The van der Waals surface area contributed by atoms with Crippen LogP contribution >= 0.6 is 11.8 Å². The molecule has 1 atom stereocenters. The largest absolute Gasteiger partial charge is 0.443 e. The molecule has 0 spiro atoms. The van der Waals surface area contributed by atoms with Crippen LogP contribution in [0.2, 0.25) is 0 Å². The zero-order valence-corrected chi connectivity index (χ0v) is 13.4. The Labute approximate surface area is 128 Å². The van der Waals surface area contributed by atoms with Gasteiger partial charge in [-0.05, 0) is 39.8 Å². The van der Waals surface area contributed by atoms with E-state index in [0.29, 0.717) is 0 Å². The summed E-state index contributed by atoms with van der Waals surface area (Å²) in [5.41, 5.74) is -0.630. The number of thioether (sulfide) groups is 1. The molecule has 0 aliphatic carbocycles. The predicted octanol–water partition coefficient (Wildman–Crippen LogP) is 3.25. The molecule has 1 fully saturated rings. The van der Waals surface area contributed by atoms with Gasteiger partial charge in [-0.25, -0.2) is 9.59 Å². The molecule has 0 unspecified atom stereocenters. The average molecular weight is 309 g/mol. The molecule has 114 valence electrons. The highest BCUT2D eigenvalue weighted by atomic mass is 32.2. The van der Waals surface area contributed by atoms with E-state index in [1.807, 2.05) is 30.3 Å². The van der Waals surface area contributed by atoms with Crippen molar-refractivity contribution in [3.05, 3.63) is 30.3 Å². The van der Waals surface area contributed by atoms with Crippen molar-refractivity contribution in [3.63, 3.8) is 0 Å². The lowest BCUT2D eigenvalue weighted by Gasteiger charge is -2.23. The number of hydroxylamine groups is 2. The Morgan fingerprint density at radius 2 is 1.95 bits per heavy atom. The minimum Gasteiger partial charge on any atom is -0.442 e. The lowest BCUT2D eigenvalue weighted by Crippen LogP contribution is -2.36. The van der Waals surface area contributed by atoms with Crippen LogP contribution in [-0.4, -0.2) is 34.0 Å². The van der Waals surface area contributed by atoms with E-state index >= 15 is 0 Å². The van der Waals surface area contributed by atoms with Gasteiger partial charge in [0.15, 0.2) is 0 Å². The summed E-state index contributed by atoms with van der Waals surface area (Å²) in [6, 6.07) is 9.54. The predicted molar refractivity (Wildman–Crippen MR) is 79.7 cm³/mol. The average Bonchev–Trinajstić information content (AvgIpc) is 2.65. The number of hydrogen-bond donors (Lipinski definition) is 0. The number of amides is 1. The molecule has 1 aliphatic rings. The minimum absolute atomic E-state index is 0.153. The summed E-state index contributed by atoms with van der Waals surface area (Å²) in [6.45, 7) is 7.21. The first-order valence-corrected chi connectivity index (χ1v) is 7.48. The zero-order valence-electron chi connectivity index (χ0n) is 12.6. The minimum atomic E-state index is -0.835. The third-order valence-corrected chi connectivity index (χ3v) is 4.01. The topological polar surface area (TPSA) is 55.8 Å². The van der Waals surface area contributed by atoms with Crippen molar-refractivity contribution >= 4 is 23.8 Å². The molecule has 21 heavy (non-hydrogen) atoms. The van der Waals surface area contributed by atoms with Gasteiger partial charge in [-0.2, -0.15) is 0 Å². The number of nitrogens with zero attached hydrogens (tertiary/aromatic N) is 1. The molecule has 1 aromatic carbocycles. The molecule has 1 aromatic rings. The van der Waals surface area contributed by atoms with Gasteiger partial charge in [0.2, 0.25) is 0 Å². The molecule has 1 heterocycles. The smallest absolute Gasteiger partial charge is 0.442 e. The molecule has 1 aliphatic heterocycles. The molecular weight excluding hydrogens is 290 g/mol. The molecule has 0 saturated carbocycles. The van der Waals surface area contributed by atoms with Crippen molar-refractivity contribution in [3.8, 4) is 0 Å². The number of rotatable bonds is 2. The summed E-state index contributed by atoms with van der Waals surface area (Å²) in [6.07, 6.45) is -0.645. The first-order chi connectivity index (χ1) is 9.70. The van der Waals surface area contributed by atoms with Crippen LogP contribution in [-0.2, 0) is 14.4 Å². The van der Waals surface area contributed by atoms with Crippen molar-refractivity contribution in [2.45, 2.75) is 42.9 Å². The molecule has 5 nitrogen and oxygen atoms in total. The van der Waals surface area contributed by atoms with Crippen LogP contribution in [0.5, 0.6) is 0 Å². The van der Waals surface area contributed by atoms with Crippen LogP contribution in [0.15, 0.2) is 35.2 Å². The number of benzene rings is 1. The molecule has 2 rings (SSSR count). The van der Waals surface area contributed by atoms with Crippen LogP contribution in [0.25, 0.3) is 0 Å². The van der Waals surface area contributed by atoms with Gasteiger partial charge < -0.3 is 9.57 Å². The van der Waals surface area contributed by atoms with Crippen molar-refractivity contribution in [1.82, 2.24) is 5.06 Å². The van der Waals surface area contributed by atoms with Gasteiger partial charge in [0, 0.05) is 4.90 Å². The fourth-order valence-corrected chi connectivity index (χ4v) is 2.92. The maximum absolute atomic E-state index is 12.1. The van der Waals surface area contributed by atoms with Gasteiger partial charge in [0.05, 0.1) is 6.54 Å². The molecule has 0 aromatic heterocycles. The Hall–Kier alpha value is -1.69. The number of hydrogen-bond acceptors (Lipinski definition) is 5. The van der Waals surface area contributed by atoms with E-state index in [2.05, 4.69) is 0 Å². The highest BCUT2D eigenvalue weighted by molar-refractivity contribution is 8.01. The normalized spacial score (nSPS) is 22.1. The summed E-state index contributed by atoms with van der Waals surface area (Å²) in [5, 5.41) is 0.990. The Balaban J connectivity index is 2.06. The maximum atomic E-state index is 12.1. The van der Waals surface area contributed by atoms with Gasteiger partial charge in [-0.15, -0.1) is 16.8 Å². The standard InChI is InChI=1S/C15H19NO4S/c1-14(2,3)19-13(18)16-10-15(4,12(17)20-16)21-11-8-6-5-7-9-11/h5-9H,10H2,1-4H3/t15-/m0/s1. The van der Waals surface area contributed by atoms with Crippen LogP contribution < -0.4 is 0 Å². The van der Waals surface area contributed by atoms with Gasteiger partial charge >= 0.3 is 12.1 Å². The fourth-order valence-electron chi connectivity index (χ4n) is 1.80. The number of ether oxygens (including phenoxy) is 1. The van der Waals surface area contributed by atoms with E-state index in [1.165, 1.54) is 11.8 Å². The van der Waals surface area contributed by atoms with Crippen LogP contribution in [0.1, 0.15) is 27.7 Å². The summed E-state index contributed by atoms with van der Waals surface area (Å²) < 4.78 is 4.38. The van der Waals surface area contributed by atoms with Crippen molar-refractivity contribution < 1.29 is 19.2 Å². The van der Waals surface area contributed by atoms with Crippen LogP contribution in [0, 0.1) is 0 Å². The number of carbonyl (C=O) groups is 2. The van der Waals surface area contributed by atoms with Crippen molar-refractivity contribution in [2.75, 3.05) is 6.54 Å². The summed E-state index contributed by atoms with van der Waals surface area (Å²) >= 11 is 1.38. The lowest BCUT2D eigenvalue weighted by atomic mass is 10.2. The Kier molecular flexibility index (Phi) is 4.18. The molecule has 0 radical (unpaired) electrons. The Morgan fingerprint density at radius 3 is 2.52 bits per heavy atom. The first-order valence-electron chi connectivity index (χ1n) is 6.67. The highest BCUT2D eigenvalue weighted by Gasteiger charge is 2.49. The van der Waals surface area contributed by atoms with E-state index in [1.54, 1.807) is 27.7 Å². The monoisotopic (exact) mass is 309 g/mol. The second-order valence-corrected chi connectivity index (χ2v) is 7.62. The summed E-state index contributed by atoms with van der Waals surface area (Å²) in [4.78, 5) is 30.1. The fraction of sp³-hybridized carbons (Fsp3) is 0.467. The van der Waals surface area contributed by atoms with Gasteiger partial charge in [-0.3, -0.25) is 0 Å².